The van der Waals surface area contributed by atoms with Gasteiger partial charge >= 0.3 is 5.97 Å². The number of likely N-dealkylation sites (tertiary alicyclic amines) is 1. The lowest BCUT2D eigenvalue weighted by atomic mass is 10.0. The molecule has 4 N–H and O–H groups in total. The molecule has 0 spiro atoms. The van der Waals surface area contributed by atoms with Gasteiger partial charge in [-0.15, -0.1) is 0 Å². The SMILES string of the molecule is Cc1ccc(NC(=O)CN2CCC(N)(C(=O)O)C2)cc1F. The van der Waals surface area contributed by atoms with Gasteiger partial charge in [0.25, 0.3) is 0 Å². The van der Waals surface area contributed by atoms with E-state index in [1.807, 2.05) is 0 Å². The van der Waals surface area contributed by atoms with Crippen LogP contribution in [0.15, 0.2) is 18.2 Å². The Morgan fingerprint density at radius 1 is 1.52 bits per heavy atom. The molecule has 1 aromatic rings. The van der Waals surface area contributed by atoms with Crippen LogP contribution < -0.4 is 11.1 Å². The van der Waals surface area contributed by atoms with Crippen LogP contribution in [0.4, 0.5) is 10.1 Å². The molecule has 0 aromatic heterocycles. The lowest BCUT2D eigenvalue weighted by Gasteiger charge is -2.19. The van der Waals surface area contributed by atoms with Crippen LogP contribution in [0.5, 0.6) is 0 Å². The highest BCUT2D eigenvalue weighted by atomic mass is 19.1. The maximum Gasteiger partial charge on any atom is 0.325 e. The third-order valence-corrected chi connectivity index (χ3v) is 3.63. The number of rotatable bonds is 4. The maximum atomic E-state index is 13.4. The minimum Gasteiger partial charge on any atom is -0.480 e. The lowest BCUT2D eigenvalue weighted by Crippen LogP contribution is -2.50. The average Bonchev–Trinajstić information content (AvgIpc) is 2.77. The van der Waals surface area contributed by atoms with Crippen LogP contribution in [-0.4, -0.2) is 47.1 Å². The summed E-state index contributed by atoms with van der Waals surface area (Å²) < 4.78 is 13.4. The molecular formula is C14H18FN3O3. The van der Waals surface area contributed by atoms with Gasteiger partial charge in [0.2, 0.25) is 5.91 Å². The van der Waals surface area contributed by atoms with Crippen LogP contribution in [0.3, 0.4) is 0 Å². The summed E-state index contributed by atoms with van der Waals surface area (Å²) in [4.78, 5) is 24.6. The second kappa shape index (κ2) is 5.79. The van der Waals surface area contributed by atoms with Gasteiger partial charge in [0.1, 0.15) is 11.4 Å². The number of amides is 1. The first kappa shape index (κ1) is 15.4. The number of anilines is 1. The number of hydrogen-bond acceptors (Lipinski definition) is 4. The molecule has 1 unspecified atom stereocenters. The number of aryl methyl sites for hydroxylation is 1. The fourth-order valence-electron chi connectivity index (χ4n) is 2.30. The van der Waals surface area contributed by atoms with Gasteiger partial charge in [-0.1, -0.05) is 6.07 Å². The highest BCUT2D eigenvalue weighted by molar-refractivity contribution is 5.92. The highest BCUT2D eigenvalue weighted by Gasteiger charge is 2.41. The van der Waals surface area contributed by atoms with Crippen molar-refractivity contribution in [1.82, 2.24) is 4.90 Å². The fraction of sp³-hybridized carbons (Fsp3) is 0.429. The van der Waals surface area contributed by atoms with Gasteiger partial charge in [-0.05, 0) is 31.0 Å². The predicted molar refractivity (Wildman–Crippen MR) is 75.4 cm³/mol. The third-order valence-electron chi connectivity index (χ3n) is 3.63. The zero-order valence-electron chi connectivity index (χ0n) is 11.7. The lowest BCUT2D eigenvalue weighted by molar-refractivity contribution is -0.143. The number of nitrogens with two attached hydrogens (primary N) is 1. The number of halogens is 1. The Kier molecular flexibility index (Phi) is 4.24. The summed E-state index contributed by atoms with van der Waals surface area (Å²) >= 11 is 0. The molecule has 7 heteroatoms. The molecule has 21 heavy (non-hydrogen) atoms. The minimum absolute atomic E-state index is 0.0295. The smallest absolute Gasteiger partial charge is 0.325 e. The number of aliphatic carboxylic acids is 1. The van der Waals surface area contributed by atoms with Crippen molar-refractivity contribution in [3.63, 3.8) is 0 Å². The minimum atomic E-state index is -1.30. The second-order valence-corrected chi connectivity index (χ2v) is 5.43. The van der Waals surface area contributed by atoms with E-state index in [-0.39, 0.29) is 24.8 Å². The van der Waals surface area contributed by atoms with E-state index in [0.717, 1.165) is 0 Å². The van der Waals surface area contributed by atoms with Gasteiger partial charge in [-0.25, -0.2) is 4.39 Å². The van der Waals surface area contributed by atoms with E-state index in [1.165, 1.54) is 6.07 Å². The molecule has 1 aromatic carbocycles. The van der Waals surface area contributed by atoms with Gasteiger partial charge in [0.15, 0.2) is 0 Å². The van der Waals surface area contributed by atoms with E-state index < -0.39 is 11.5 Å². The normalized spacial score (nSPS) is 22.2. The van der Waals surface area contributed by atoms with Gasteiger partial charge in [0.05, 0.1) is 6.54 Å². The predicted octanol–water partition coefficient (Wildman–Crippen LogP) is 0.560. The second-order valence-electron chi connectivity index (χ2n) is 5.43. The summed E-state index contributed by atoms with van der Waals surface area (Å²) in [6.45, 7) is 2.23. The van der Waals surface area contributed by atoms with Crippen molar-refractivity contribution in [2.75, 3.05) is 25.0 Å². The maximum absolute atomic E-state index is 13.4. The van der Waals surface area contributed by atoms with Crippen LogP contribution in [0.25, 0.3) is 0 Å². The van der Waals surface area contributed by atoms with Crippen molar-refractivity contribution in [1.29, 1.82) is 0 Å². The molecule has 1 heterocycles. The van der Waals surface area contributed by atoms with Crippen molar-refractivity contribution in [3.05, 3.63) is 29.6 Å². The van der Waals surface area contributed by atoms with Gasteiger partial charge in [0, 0.05) is 18.8 Å². The summed E-state index contributed by atoms with van der Waals surface area (Å²) in [6, 6.07) is 4.45. The van der Waals surface area contributed by atoms with E-state index in [1.54, 1.807) is 24.0 Å². The van der Waals surface area contributed by atoms with E-state index in [2.05, 4.69) is 5.32 Å². The Labute approximate surface area is 121 Å². The number of carbonyl (C=O) groups is 2. The molecular weight excluding hydrogens is 277 g/mol. The molecule has 1 saturated heterocycles. The van der Waals surface area contributed by atoms with Crippen LogP contribution >= 0.6 is 0 Å². The molecule has 0 saturated carbocycles. The summed E-state index contributed by atoms with van der Waals surface area (Å²) in [5.74, 6) is -1.78. The fourth-order valence-corrected chi connectivity index (χ4v) is 2.30. The Morgan fingerprint density at radius 2 is 2.24 bits per heavy atom. The molecule has 1 amide bonds. The van der Waals surface area contributed by atoms with Gasteiger partial charge < -0.3 is 16.2 Å². The zero-order chi connectivity index (χ0) is 15.6. The Bertz CT molecular complexity index is 579. The number of carbonyl (C=O) groups excluding carboxylic acids is 1. The molecule has 1 atom stereocenters. The molecule has 0 radical (unpaired) electrons. The molecule has 1 aliphatic heterocycles. The summed E-state index contributed by atoms with van der Waals surface area (Å²) in [5, 5.41) is 11.6. The van der Waals surface area contributed by atoms with Gasteiger partial charge in [-0.3, -0.25) is 14.5 Å². The molecule has 114 valence electrons. The third kappa shape index (κ3) is 3.56. The monoisotopic (exact) mass is 295 g/mol. The molecule has 0 bridgehead atoms. The quantitative estimate of drug-likeness (QED) is 0.754. The number of benzene rings is 1. The first-order chi connectivity index (χ1) is 9.80. The first-order valence-electron chi connectivity index (χ1n) is 6.61. The van der Waals surface area contributed by atoms with Crippen LogP contribution in [0, 0.1) is 12.7 Å². The number of hydrogen-bond donors (Lipinski definition) is 3. The van der Waals surface area contributed by atoms with Crippen LogP contribution in [-0.2, 0) is 9.59 Å². The largest absolute Gasteiger partial charge is 0.480 e. The molecule has 0 aliphatic carbocycles. The zero-order valence-corrected chi connectivity index (χ0v) is 11.7. The highest BCUT2D eigenvalue weighted by Crippen LogP contribution is 2.19. The van der Waals surface area contributed by atoms with Gasteiger partial charge in [-0.2, -0.15) is 0 Å². The van der Waals surface area contributed by atoms with Crippen molar-refractivity contribution < 1.29 is 19.1 Å². The molecule has 2 rings (SSSR count). The van der Waals surface area contributed by atoms with Crippen LogP contribution in [0.1, 0.15) is 12.0 Å². The molecule has 1 aliphatic rings. The molecule has 6 nitrogen and oxygen atoms in total. The average molecular weight is 295 g/mol. The number of carboxylic acids is 1. The van der Waals surface area contributed by atoms with E-state index in [0.29, 0.717) is 24.2 Å². The Morgan fingerprint density at radius 3 is 2.81 bits per heavy atom. The summed E-state index contributed by atoms with van der Waals surface area (Å²) in [6.07, 6.45) is 0.300. The Balaban J connectivity index is 1.91. The van der Waals surface area contributed by atoms with Crippen molar-refractivity contribution in [3.8, 4) is 0 Å². The number of nitrogens with zero attached hydrogens (tertiary/aromatic N) is 1. The van der Waals surface area contributed by atoms with Crippen molar-refractivity contribution in [2.24, 2.45) is 5.73 Å². The topological polar surface area (TPSA) is 95.7 Å². The molecule has 1 fully saturated rings. The Hall–Kier alpha value is -1.99. The standard InChI is InChI=1S/C14H18FN3O3/c1-9-2-3-10(6-11(9)15)17-12(19)7-18-5-4-14(16,8-18)13(20)21/h2-3,6H,4-5,7-8,16H2,1H3,(H,17,19)(H,20,21). The van der Waals surface area contributed by atoms with E-state index >= 15 is 0 Å². The van der Waals surface area contributed by atoms with E-state index in [9.17, 15) is 14.0 Å². The summed E-state index contributed by atoms with van der Waals surface area (Å²) in [7, 11) is 0. The summed E-state index contributed by atoms with van der Waals surface area (Å²) in [5.41, 5.74) is 5.32. The van der Waals surface area contributed by atoms with Crippen molar-refractivity contribution >= 4 is 17.6 Å². The van der Waals surface area contributed by atoms with Crippen molar-refractivity contribution in [2.45, 2.75) is 18.9 Å². The number of carboxylic acid groups (broad SMARTS) is 1. The number of nitrogens with one attached hydrogen (secondary N) is 1. The van der Waals surface area contributed by atoms with Crippen LogP contribution in [0.2, 0.25) is 0 Å². The van der Waals surface area contributed by atoms with E-state index in [4.69, 9.17) is 10.8 Å². The first-order valence-corrected chi connectivity index (χ1v) is 6.61.